The lowest BCUT2D eigenvalue weighted by molar-refractivity contribution is -0.116. The number of nitrogens with one attached hydrogen (secondary N) is 1. The van der Waals surface area contributed by atoms with Crippen LogP contribution in [-0.2, 0) is 11.2 Å². The largest absolute Gasteiger partial charge is 0.352 e. The minimum absolute atomic E-state index is 0.217. The molecule has 0 aliphatic rings. The smallest absolute Gasteiger partial charge is 0.319 e. The van der Waals surface area contributed by atoms with Gasteiger partial charge in [0.2, 0.25) is 5.91 Å². The van der Waals surface area contributed by atoms with Crippen molar-refractivity contribution in [3.63, 3.8) is 0 Å². The second kappa shape index (κ2) is 7.87. The average Bonchev–Trinajstić information content (AvgIpc) is 2.96. The first-order valence-corrected chi connectivity index (χ1v) is 7.37. The molecule has 1 amide bonds. The standard InChI is InChI=1S/C16H16ClF2N3O/c1-11(12-4-2-3-5-13(12)17)10-15(23)21-7-6-14-20-8-9-22(14)16(18)19/h2-5,8-10,16H,6-7H2,1H3,(H,21,23)/b11-10+. The summed E-state index contributed by atoms with van der Waals surface area (Å²) in [5, 5.41) is 3.21. The molecule has 0 saturated heterocycles. The molecule has 23 heavy (non-hydrogen) atoms. The van der Waals surface area contributed by atoms with E-state index in [1.165, 1.54) is 18.5 Å². The van der Waals surface area contributed by atoms with Crippen LogP contribution in [0.4, 0.5) is 8.78 Å². The molecule has 0 atom stereocenters. The number of hydrogen-bond acceptors (Lipinski definition) is 2. The first kappa shape index (κ1) is 17.1. The molecule has 122 valence electrons. The van der Waals surface area contributed by atoms with Gasteiger partial charge in [0.15, 0.2) is 0 Å². The minimum Gasteiger partial charge on any atom is -0.352 e. The molecule has 0 bridgehead atoms. The first-order valence-electron chi connectivity index (χ1n) is 7.00. The van der Waals surface area contributed by atoms with E-state index in [2.05, 4.69) is 10.3 Å². The molecular formula is C16H16ClF2N3O. The molecule has 1 N–H and O–H groups in total. The van der Waals surface area contributed by atoms with Crippen LogP contribution in [0.2, 0.25) is 5.02 Å². The van der Waals surface area contributed by atoms with Crippen molar-refractivity contribution in [3.8, 4) is 0 Å². The van der Waals surface area contributed by atoms with Crippen molar-refractivity contribution >= 4 is 23.1 Å². The van der Waals surface area contributed by atoms with Gasteiger partial charge in [-0.3, -0.25) is 9.36 Å². The number of imidazole rings is 1. The summed E-state index contributed by atoms with van der Waals surface area (Å²) in [6.45, 7) is -0.635. The Balaban J connectivity index is 1.91. The average molecular weight is 340 g/mol. The number of benzene rings is 1. The zero-order valence-electron chi connectivity index (χ0n) is 12.5. The third kappa shape index (κ3) is 4.63. The van der Waals surface area contributed by atoms with E-state index in [1.807, 2.05) is 18.2 Å². The van der Waals surface area contributed by atoms with Crippen LogP contribution >= 0.6 is 11.6 Å². The Hall–Kier alpha value is -2.21. The number of carbonyl (C=O) groups excluding carboxylic acids is 1. The van der Waals surface area contributed by atoms with E-state index >= 15 is 0 Å². The van der Waals surface area contributed by atoms with E-state index in [9.17, 15) is 13.6 Å². The van der Waals surface area contributed by atoms with Crippen molar-refractivity contribution < 1.29 is 13.6 Å². The minimum atomic E-state index is -2.63. The molecular weight excluding hydrogens is 324 g/mol. The lowest BCUT2D eigenvalue weighted by Gasteiger charge is -2.07. The summed E-state index contributed by atoms with van der Waals surface area (Å²) in [6.07, 6.45) is 4.18. The number of alkyl halides is 2. The Morgan fingerprint density at radius 1 is 1.43 bits per heavy atom. The normalized spacial score (nSPS) is 11.8. The summed E-state index contributed by atoms with van der Waals surface area (Å²) in [7, 11) is 0. The molecule has 0 unspecified atom stereocenters. The maximum atomic E-state index is 12.7. The molecule has 0 spiro atoms. The van der Waals surface area contributed by atoms with Gasteiger partial charge in [-0.25, -0.2) is 4.98 Å². The van der Waals surface area contributed by atoms with Gasteiger partial charge in [-0.1, -0.05) is 29.8 Å². The Kier molecular flexibility index (Phi) is 5.87. The van der Waals surface area contributed by atoms with Crippen LogP contribution < -0.4 is 5.32 Å². The predicted octanol–water partition coefficient (Wildman–Crippen LogP) is 3.69. The van der Waals surface area contributed by atoms with Gasteiger partial charge in [-0.2, -0.15) is 8.78 Å². The summed E-state index contributed by atoms with van der Waals surface area (Å²) in [5.74, 6) is -0.0790. The van der Waals surface area contributed by atoms with Crippen molar-refractivity contribution in [1.29, 1.82) is 0 Å². The Morgan fingerprint density at radius 3 is 2.87 bits per heavy atom. The molecule has 0 saturated carbocycles. The lowest BCUT2D eigenvalue weighted by atomic mass is 10.1. The van der Waals surface area contributed by atoms with Gasteiger partial charge in [0.25, 0.3) is 0 Å². The topological polar surface area (TPSA) is 46.9 Å². The third-order valence-electron chi connectivity index (χ3n) is 3.25. The number of allylic oxidation sites excluding steroid dienone is 1. The van der Waals surface area contributed by atoms with E-state index in [-0.39, 0.29) is 24.7 Å². The van der Waals surface area contributed by atoms with Gasteiger partial charge in [0, 0.05) is 36.5 Å². The summed E-state index contributed by atoms with van der Waals surface area (Å²) >= 11 is 6.07. The Morgan fingerprint density at radius 2 is 2.17 bits per heavy atom. The number of amides is 1. The van der Waals surface area contributed by atoms with Crippen LogP contribution in [0.15, 0.2) is 42.7 Å². The predicted molar refractivity (Wildman–Crippen MR) is 85.3 cm³/mol. The second-order valence-electron chi connectivity index (χ2n) is 4.88. The van der Waals surface area contributed by atoms with Gasteiger partial charge < -0.3 is 5.32 Å². The molecule has 0 aliphatic heterocycles. The molecule has 2 rings (SSSR count). The van der Waals surface area contributed by atoms with Crippen LogP contribution in [0.25, 0.3) is 5.57 Å². The number of rotatable bonds is 6. The fourth-order valence-electron chi connectivity index (χ4n) is 2.12. The Labute approximate surface area is 137 Å². The van der Waals surface area contributed by atoms with Crippen LogP contribution in [0, 0.1) is 0 Å². The van der Waals surface area contributed by atoms with Gasteiger partial charge >= 0.3 is 6.55 Å². The quantitative estimate of drug-likeness (QED) is 0.816. The molecule has 0 fully saturated rings. The molecule has 7 heteroatoms. The van der Waals surface area contributed by atoms with Gasteiger partial charge in [0.1, 0.15) is 5.82 Å². The zero-order chi connectivity index (χ0) is 16.8. The van der Waals surface area contributed by atoms with Gasteiger partial charge in [-0.15, -0.1) is 0 Å². The number of hydrogen-bond donors (Lipinski definition) is 1. The van der Waals surface area contributed by atoms with E-state index < -0.39 is 6.55 Å². The fourth-order valence-corrected chi connectivity index (χ4v) is 2.40. The number of nitrogens with zero attached hydrogens (tertiary/aromatic N) is 2. The van der Waals surface area contributed by atoms with Crippen LogP contribution in [-0.4, -0.2) is 22.0 Å². The highest BCUT2D eigenvalue weighted by Crippen LogP contribution is 2.22. The second-order valence-corrected chi connectivity index (χ2v) is 5.28. The van der Waals surface area contributed by atoms with E-state index in [4.69, 9.17) is 11.6 Å². The highest BCUT2D eigenvalue weighted by molar-refractivity contribution is 6.32. The van der Waals surface area contributed by atoms with Crippen molar-refractivity contribution in [3.05, 3.63) is 59.1 Å². The number of carbonyl (C=O) groups is 1. The van der Waals surface area contributed by atoms with Gasteiger partial charge in [0.05, 0.1) is 0 Å². The van der Waals surface area contributed by atoms with E-state index in [0.717, 1.165) is 15.7 Å². The molecule has 2 aromatic rings. The Bertz CT molecular complexity index is 713. The first-order chi connectivity index (χ1) is 11.0. The molecule has 1 aromatic carbocycles. The SMILES string of the molecule is C/C(=C\C(=O)NCCc1nccn1C(F)F)c1ccccc1Cl. The highest BCUT2D eigenvalue weighted by Gasteiger charge is 2.11. The summed E-state index contributed by atoms with van der Waals surface area (Å²) in [5.41, 5.74) is 1.50. The zero-order valence-corrected chi connectivity index (χ0v) is 13.2. The van der Waals surface area contributed by atoms with Crippen LogP contribution in [0.1, 0.15) is 24.9 Å². The highest BCUT2D eigenvalue weighted by atomic mass is 35.5. The summed E-state index contributed by atoms with van der Waals surface area (Å²) in [4.78, 5) is 15.7. The van der Waals surface area contributed by atoms with Crippen LogP contribution in [0.3, 0.4) is 0 Å². The maximum Gasteiger partial charge on any atom is 0.319 e. The van der Waals surface area contributed by atoms with Crippen LogP contribution in [0.5, 0.6) is 0 Å². The van der Waals surface area contributed by atoms with Crippen molar-refractivity contribution in [2.24, 2.45) is 0 Å². The molecule has 1 heterocycles. The number of halogens is 3. The molecule has 0 radical (unpaired) electrons. The van der Waals surface area contributed by atoms with E-state index in [1.54, 1.807) is 13.0 Å². The fraction of sp³-hybridized carbons (Fsp3) is 0.250. The third-order valence-corrected chi connectivity index (χ3v) is 3.58. The van der Waals surface area contributed by atoms with E-state index in [0.29, 0.717) is 5.02 Å². The number of aromatic nitrogens is 2. The summed E-state index contributed by atoms with van der Waals surface area (Å²) in [6, 6.07) is 7.21. The van der Waals surface area contributed by atoms with Crippen molar-refractivity contribution in [2.45, 2.75) is 19.9 Å². The molecule has 4 nitrogen and oxygen atoms in total. The van der Waals surface area contributed by atoms with Gasteiger partial charge in [-0.05, 0) is 24.1 Å². The maximum absolute atomic E-state index is 12.7. The van der Waals surface area contributed by atoms with Crippen molar-refractivity contribution in [1.82, 2.24) is 14.9 Å². The monoisotopic (exact) mass is 339 g/mol. The summed E-state index contributed by atoms with van der Waals surface area (Å²) < 4.78 is 26.1. The lowest BCUT2D eigenvalue weighted by Crippen LogP contribution is -2.25. The molecule has 0 aliphatic carbocycles. The van der Waals surface area contributed by atoms with Crippen molar-refractivity contribution in [2.75, 3.05) is 6.54 Å². The molecule has 1 aromatic heterocycles.